The van der Waals surface area contributed by atoms with Gasteiger partial charge in [0.2, 0.25) is 11.5 Å². The number of methoxy groups -OCH3 is 3. The van der Waals surface area contributed by atoms with Crippen LogP contribution in [0.25, 0.3) is 16.4 Å². The maximum Gasteiger partial charge on any atom is 0.340 e. The molecule has 0 spiro atoms. The number of esters is 1. The molecule has 0 saturated heterocycles. The smallest absolute Gasteiger partial charge is 0.340 e. The van der Waals surface area contributed by atoms with Gasteiger partial charge in [-0.3, -0.25) is 4.79 Å². The second-order valence-corrected chi connectivity index (χ2v) is 7.02. The SMILES string of the molecule is CCOC(=O)c1cc(C(=O)c2cc(OC)c(OC)c(OC)c2)n2c1ccc1ccccc12. The molecular weight excluding hydrogens is 410 g/mol. The second-order valence-electron chi connectivity index (χ2n) is 7.02. The Morgan fingerprint density at radius 2 is 1.53 bits per heavy atom. The standard InChI is InChI=1S/C25H23NO6/c1-5-32-25(28)17-14-20(26-18-9-7-6-8-15(18)10-11-19(17)26)23(27)16-12-21(29-2)24(31-4)22(13-16)30-3/h6-14H,5H2,1-4H3. The molecule has 0 bridgehead atoms. The fraction of sp³-hybridized carbons (Fsp3) is 0.200. The van der Waals surface area contributed by atoms with Gasteiger partial charge in [0.25, 0.3) is 0 Å². The molecule has 7 heteroatoms. The average molecular weight is 433 g/mol. The lowest BCUT2D eigenvalue weighted by Crippen LogP contribution is -2.07. The van der Waals surface area contributed by atoms with Crippen molar-refractivity contribution >= 4 is 28.2 Å². The van der Waals surface area contributed by atoms with Crippen LogP contribution in [0.5, 0.6) is 17.2 Å². The van der Waals surface area contributed by atoms with Crippen LogP contribution in [0.2, 0.25) is 0 Å². The van der Waals surface area contributed by atoms with Gasteiger partial charge in [0.1, 0.15) is 0 Å². The maximum absolute atomic E-state index is 13.7. The van der Waals surface area contributed by atoms with Crippen molar-refractivity contribution in [1.29, 1.82) is 0 Å². The first-order chi connectivity index (χ1) is 15.5. The summed E-state index contributed by atoms with van der Waals surface area (Å²) in [6, 6.07) is 16.2. The molecule has 2 heterocycles. The molecule has 0 aliphatic carbocycles. The number of carbonyl (C=O) groups excluding carboxylic acids is 2. The Morgan fingerprint density at radius 3 is 2.16 bits per heavy atom. The summed E-state index contributed by atoms with van der Waals surface area (Å²) in [6.07, 6.45) is 0. The number of hydrogen-bond donors (Lipinski definition) is 0. The number of nitrogens with zero attached hydrogens (tertiary/aromatic N) is 1. The van der Waals surface area contributed by atoms with E-state index in [-0.39, 0.29) is 12.4 Å². The van der Waals surface area contributed by atoms with Gasteiger partial charge in [-0.25, -0.2) is 4.79 Å². The number of ketones is 1. The monoisotopic (exact) mass is 433 g/mol. The summed E-state index contributed by atoms with van der Waals surface area (Å²) in [5.41, 5.74) is 2.39. The molecule has 0 aliphatic rings. The van der Waals surface area contributed by atoms with Gasteiger partial charge >= 0.3 is 5.97 Å². The van der Waals surface area contributed by atoms with Crippen molar-refractivity contribution in [2.24, 2.45) is 0 Å². The zero-order valence-electron chi connectivity index (χ0n) is 18.3. The second kappa shape index (κ2) is 8.63. The van der Waals surface area contributed by atoms with E-state index in [2.05, 4.69) is 0 Å². The molecule has 4 aromatic rings. The van der Waals surface area contributed by atoms with Crippen molar-refractivity contribution in [2.75, 3.05) is 27.9 Å². The lowest BCUT2D eigenvalue weighted by molar-refractivity contribution is 0.0529. The van der Waals surface area contributed by atoms with Gasteiger partial charge in [-0.2, -0.15) is 0 Å². The van der Waals surface area contributed by atoms with Crippen molar-refractivity contribution in [3.05, 3.63) is 71.4 Å². The van der Waals surface area contributed by atoms with Crippen LogP contribution >= 0.6 is 0 Å². The van der Waals surface area contributed by atoms with Crippen LogP contribution in [-0.4, -0.2) is 44.1 Å². The van der Waals surface area contributed by atoms with Gasteiger partial charge in [-0.05, 0) is 42.6 Å². The number of pyridine rings is 1. The van der Waals surface area contributed by atoms with E-state index >= 15 is 0 Å². The summed E-state index contributed by atoms with van der Waals surface area (Å²) in [4.78, 5) is 26.4. The molecule has 4 rings (SSSR count). The molecule has 0 unspecified atom stereocenters. The predicted octanol–water partition coefficient (Wildman–Crippen LogP) is 4.53. The molecule has 2 aromatic heterocycles. The first kappa shape index (κ1) is 21.2. The molecule has 0 radical (unpaired) electrons. The minimum Gasteiger partial charge on any atom is -0.493 e. The molecule has 2 aromatic carbocycles. The lowest BCUT2D eigenvalue weighted by Gasteiger charge is -2.14. The minimum absolute atomic E-state index is 0.236. The summed E-state index contributed by atoms with van der Waals surface area (Å²) in [7, 11) is 4.48. The van der Waals surface area contributed by atoms with Crippen LogP contribution in [0.15, 0.2) is 54.6 Å². The minimum atomic E-state index is -0.482. The van der Waals surface area contributed by atoms with Gasteiger partial charge < -0.3 is 23.3 Å². The third kappa shape index (κ3) is 3.41. The fourth-order valence-corrected chi connectivity index (χ4v) is 3.85. The molecule has 32 heavy (non-hydrogen) atoms. The van der Waals surface area contributed by atoms with Gasteiger partial charge in [0, 0.05) is 5.56 Å². The van der Waals surface area contributed by atoms with Crippen LogP contribution < -0.4 is 14.2 Å². The summed E-state index contributed by atoms with van der Waals surface area (Å²) in [6.45, 7) is 1.98. The summed E-state index contributed by atoms with van der Waals surface area (Å²) >= 11 is 0. The van der Waals surface area contributed by atoms with E-state index in [1.54, 1.807) is 29.5 Å². The number of ether oxygens (including phenoxy) is 4. The van der Waals surface area contributed by atoms with E-state index in [0.29, 0.717) is 39.6 Å². The van der Waals surface area contributed by atoms with Gasteiger partial charge in [-0.1, -0.05) is 24.3 Å². The highest BCUT2D eigenvalue weighted by atomic mass is 16.5. The first-order valence-corrected chi connectivity index (χ1v) is 10.1. The average Bonchev–Trinajstić information content (AvgIpc) is 3.23. The predicted molar refractivity (Wildman–Crippen MR) is 120 cm³/mol. The Kier molecular flexibility index (Phi) is 5.73. The van der Waals surface area contributed by atoms with Crippen LogP contribution in [-0.2, 0) is 4.74 Å². The highest BCUT2D eigenvalue weighted by molar-refractivity contribution is 6.13. The van der Waals surface area contributed by atoms with E-state index in [1.807, 2.05) is 36.4 Å². The third-order valence-electron chi connectivity index (χ3n) is 5.29. The van der Waals surface area contributed by atoms with E-state index in [4.69, 9.17) is 18.9 Å². The van der Waals surface area contributed by atoms with E-state index in [1.165, 1.54) is 21.3 Å². The fourth-order valence-electron chi connectivity index (χ4n) is 3.85. The zero-order valence-corrected chi connectivity index (χ0v) is 18.3. The van der Waals surface area contributed by atoms with Crippen molar-refractivity contribution < 1.29 is 28.5 Å². The highest BCUT2D eigenvalue weighted by Gasteiger charge is 2.25. The molecular formula is C25H23NO6. The van der Waals surface area contributed by atoms with Crippen molar-refractivity contribution in [2.45, 2.75) is 6.92 Å². The summed E-state index contributed by atoms with van der Waals surface area (Å²) < 4.78 is 23.2. The lowest BCUT2D eigenvalue weighted by atomic mass is 10.1. The Hall–Kier alpha value is -4.00. The highest BCUT2D eigenvalue weighted by Crippen LogP contribution is 2.39. The maximum atomic E-state index is 13.7. The molecule has 0 fully saturated rings. The third-order valence-corrected chi connectivity index (χ3v) is 5.29. The number of benzene rings is 2. The number of rotatable bonds is 7. The van der Waals surface area contributed by atoms with Crippen molar-refractivity contribution in [3.8, 4) is 17.2 Å². The van der Waals surface area contributed by atoms with Crippen molar-refractivity contribution in [1.82, 2.24) is 4.40 Å². The Morgan fingerprint density at radius 1 is 0.844 bits per heavy atom. The molecule has 0 saturated carbocycles. The topological polar surface area (TPSA) is 75.5 Å². The zero-order chi connectivity index (χ0) is 22.8. The Balaban J connectivity index is 1.99. The van der Waals surface area contributed by atoms with Crippen LogP contribution in [0.3, 0.4) is 0 Å². The summed E-state index contributed by atoms with van der Waals surface area (Å²) in [5, 5.41) is 0.935. The molecule has 0 atom stereocenters. The quantitative estimate of drug-likeness (QED) is 0.315. The van der Waals surface area contributed by atoms with Crippen LogP contribution in [0.4, 0.5) is 0 Å². The first-order valence-electron chi connectivity index (χ1n) is 10.1. The molecule has 7 nitrogen and oxygen atoms in total. The number of para-hydroxylation sites is 1. The molecule has 0 aliphatic heterocycles. The van der Waals surface area contributed by atoms with Crippen LogP contribution in [0, 0.1) is 0 Å². The van der Waals surface area contributed by atoms with Crippen molar-refractivity contribution in [3.63, 3.8) is 0 Å². The van der Waals surface area contributed by atoms with E-state index in [9.17, 15) is 9.59 Å². The Labute approximate surface area is 185 Å². The summed E-state index contributed by atoms with van der Waals surface area (Å²) in [5.74, 6) is 0.345. The van der Waals surface area contributed by atoms with Crippen LogP contribution in [0.1, 0.15) is 33.3 Å². The Bertz CT molecular complexity index is 1310. The van der Waals surface area contributed by atoms with Gasteiger partial charge in [0.05, 0.1) is 50.2 Å². The number of fused-ring (bicyclic) bond motifs is 3. The molecule has 0 N–H and O–H groups in total. The normalized spacial score (nSPS) is 10.9. The number of aromatic nitrogens is 1. The number of hydrogen-bond acceptors (Lipinski definition) is 6. The van der Waals surface area contributed by atoms with Gasteiger partial charge in [0.15, 0.2) is 11.5 Å². The molecule has 0 amide bonds. The van der Waals surface area contributed by atoms with E-state index in [0.717, 1.165) is 10.9 Å². The largest absolute Gasteiger partial charge is 0.493 e. The number of carbonyl (C=O) groups is 2. The van der Waals surface area contributed by atoms with E-state index < -0.39 is 5.97 Å². The van der Waals surface area contributed by atoms with Gasteiger partial charge in [-0.15, -0.1) is 0 Å². The molecule has 164 valence electrons.